The number of rotatable bonds is 7. The monoisotopic (exact) mass is 367 g/mol. The van der Waals surface area contributed by atoms with E-state index < -0.39 is 12.1 Å². The molecule has 0 unspecified atom stereocenters. The molecule has 2 rings (SSSR count). The molecule has 140 valence electrons. The summed E-state index contributed by atoms with van der Waals surface area (Å²) < 4.78 is 10.3. The quantitative estimate of drug-likeness (QED) is 0.580. The Bertz CT molecular complexity index is 837. The van der Waals surface area contributed by atoms with Crippen molar-refractivity contribution in [1.82, 2.24) is 5.32 Å². The number of methoxy groups -OCH3 is 1. The smallest absolute Gasteiger partial charge is 0.407 e. The van der Waals surface area contributed by atoms with Crippen molar-refractivity contribution in [2.45, 2.75) is 19.4 Å². The molecule has 0 radical (unpaired) electrons. The fourth-order valence-electron chi connectivity index (χ4n) is 2.32. The standard InChI is InChI=1S/C21H21NO5/c1-26-19-11-10-16(13-18(19)14-20(23)24)7-5-6-12-22-21(25)27-15-17-8-3-2-4-9-17/h2-4,8-11,13H,6,12,14-15H2,1H3,(H,22,25)(H,23,24). The maximum atomic E-state index is 11.6. The fraction of sp³-hybridized carbons (Fsp3) is 0.238. The van der Waals surface area contributed by atoms with Crippen LogP contribution in [0.15, 0.2) is 48.5 Å². The first-order valence-electron chi connectivity index (χ1n) is 8.40. The molecule has 6 heteroatoms. The second-order valence-corrected chi connectivity index (χ2v) is 5.64. The minimum absolute atomic E-state index is 0.131. The molecule has 0 aliphatic carbocycles. The van der Waals surface area contributed by atoms with E-state index in [1.165, 1.54) is 7.11 Å². The molecule has 0 aromatic heterocycles. The number of amides is 1. The molecule has 0 bridgehead atoms. The van der Waals surface area contributed by atoms with Crippen LogP contribution >= 0.6 is 0 Å². The largest absolute Gasteiger partial charge is 0.496 e. The molecule has 2 aromatic rings. The Kier molecular flexibility index (Phi) is 7.73. The molecule has 0 atom stereocenters. The first-order chi connectivity index (χ1) is 13.1. The molecule has 0 heterocycles. The highest BCUT2D eigenvalue weighted by atomic mass is 16.5. The van der Waals surface area contributed by atoms with Gasteiger partial charge in [0.25, 0.3) is 0 Å². The minimum atomic E-state index is -0.934. The molecule has 2 N–H and O–H groups in total. The summed E-state index contributed by atoms with van der Waals surface area (Å²) in [7, 11) is 1.49. The molecular weight excluding hydrogens is 346 g/mol. The average Bonchev–Trinajstić information content (AvgIpc) is 2.66. The summed E-state index contributed by atoms with van der Waals surface area (Å²) in [6, 6.07) is 14.6. The lowest BCUT2D eigenvalue weighted by molar-refractivity contribution is -0.136. The molecule has 0 spiro atoms. The number of benzene rings is 2. The van der Waals surface area contributed by atoms with Gasteiger partial charge in [0.15, 0.2) is 0 Å². The highest BCUT2D eigenvalue weighted by molar-refractivity contribution is 5.71. The topological polar surface area (TPSA) is 84.9 Å². The molecule has 27 heavy (non-hydrogen) atoms. The van der Waals surface area contributed by atoms with E-state index in [0.29, 0.717) is 29.8 Å². The van der Waals surface area contributed by atoms with E-state index >= 15 is 0 Å². The number of carboxylic acid groups (broad SMARTS) is 1. The van der Waals surface area contributed by atoms with Crippen LogP contribution in [0.4, 0.5) is 4.79 Å². The third-order valence-electron chi connectivity index (χ3n) is 3.59. The van der Waals surface area contributed by atoms with E-state index in [9.17, 15) is 9.59 Å². The Morgan fingerprint density at radius 3 is 2.63 bits per heavy atom. The van der Waals surface area contributed by atoms with E-state index in [1.807, 2.05) is 30.3 Å². The Morgan fingerprint density at radius 1 is 1.15 bits per heavy atom. The van der Waals surface area contributed by atoms with E-state index in [1.54, 1.807) is 18.2 Å². The van der Waals surface area contributed by atoms with Gasteiger partial charge in [-0.2, -0.15) is 0 Å². The zero-order valence-electron chi connectivity index (χ0n) is 15.0. The van der Waals surface area contributed by atoms with E-state index in [-0.39, 0.29) is 13.0 Å². The van der Waals surface area contributed by atoms with Crippen molar-refractivity contribution in [3.63, 3.8) is 0 Å². The van der Waals surface area contributed by atoms with Crippen LogP contribution in [0.1, 0.15) is 23.1 Å². The normalized spacial score (nSPS) is 9.67. The van der Waals surface area contributed by atoms with E-state index in [4.69, 9.17) is 14.6 Å². The van der Waals surface area contributed by atoms with Crippen LogP contribution in [0, 0.1) is 11.8 Å². The molecule has 0 saturated carbocycles. The Hall–Kier alpha value is -3.46. The number of aliphatic carboxylic acids is 1. The van der Waals surface area contributed by atoms with Gasteiger partial charge in [0.1, 0.15) is 12.4 Å². The first-order valence-corrected chi connectivity index (χ1v) is 8.40. The van der Waals surface area contributed by atoms with Crippen LogP contribution in [0.2, 0.25) is 0 Å². The molecule has 0 saturated heterocycles. The van der Waals surface area contributed by atoms with Crippen LogP contribution in [0.25, 0.3) is 0 Å². The van der Waals surface area contributed by atoms with Crippen molar-refractivity contribution in [2.75, 3.05) is 13.7 Å². The van der Waals surface area contributed by atoms with Gasteiger partial charge in [-0.25, -0.2) is 4.79 Å². The van der Waals surface area contributed by atoms with Gasteiger partial charge in [-0.1, -0.05) is 42.2 Å². The fourth-order valence-corrected chi connectivity index (χ4v) is 2.32. The van der Waals surface area contributed by atoms with Gasteiger partial charge in [-0.3, -0.25) is 4.79 Å². The average molecular weight is 367 g/mol. The number of ether oxygens (including phenoxy) is 2. The summed E-state index contributed by atoms with van der Waals surface area (Å²) in [6.45, 7) is 0.579. The Morgan fingerprint density at radius 2 is 1.93 bits per heavy atom. The second-order valence-electron chi connectivity index (χ2n) is 5.64. The van der Waals surface area contributed by atoms with Gasteiger partial charge in [0.2, 0.25) is 0 Å². The molecular formula is C21H21NO5. The molecule has 2 aromatic carbocycles. The highest BCUT2D eigenvalue weighted by Crippen LogP contribution is 2.20. The Balaban J connectivity index is 1.78. The van der Waals surface area contributed by atoms with Crippen LogP contribution < -0.4 is 10.1 Å². The van der Waals surface area contributed by atoms with Gasteiger partial charge in [0.05, 0.1) is 13.5 Å². The van der Waals surface area contributed by atoms with Crippen molar-refractivity contribution in [3.05, 3.63) is 65.2 Å². The lowest BCUT2D eigenvalue weighted by atomic mass is 10.1. The summed E-state index contributed by atoms with van der Waals surface area (Å²) in [5.41, 5.74) is 2.18. The van der Waals surface area contributed by atoms with Crippen LogP contribution in [0.5, 0.6) is 5.75 Å². The summed E-state index contributed by atoms with van der Waals surface area (Å²) in [6.07, 6.45) is -0.178. The summed E-state index contributed by atoms with van der Waals surface area (Å²) in [5, 5.41) is 11.6. The zero-order valence-corrected chi connectivity index (χ0v) is 15.0. The zero-order chi connectivity index (χ0) is 19.5. The number of hydrogen-bond donors (Lipinski definition) is 2. The molecule has 0 aliphatic heterocycles. The minimum Gasteiger partial charge on any atom is -0.496 e. The highest BCUT2D eigenvalue weighted by Gasteiger charge is 2.08. The lowest BCUT2D eigenvalue weighted by Gasteiger charge is -2.06. The SMILES string of the molecule is COc1ccc(C#CCCNC(=O)OCc2ccccc2)cc1CC(=O)O. The predicted molar refractivity (Wildman–Crippen MR) is 100 cm³/mol. The summed E-state index contributed by atoms with van der Waals surface area (Å²) >= 11 is 0. The molecule has 1 amide bonds. The number of carbonyl (C=O) groups is 2. The third kappa shape index (κ3) is 7.12. The van der Waals surface area contributed by atoms with Crippen molar-refractivity contribution in [1.29, 1.82) is 0 Å². The van der Waals surface area contributed by atoms with Crippen LogP contribution in [-0.4, -0.2) is 30.8 Å². The van der Waals surface area contributed by atoms with E-state index in [2.05, 4.69) is 17.2 Å². The van der Waals surface area contributed by atoms with Crippen molar-refractivity contribution in [3.8, 4) is 17.6 Å². The van der Waals surface area contributed by atoms with Crippen LogP contribution in [-0.2, 0) is 22.6 Å². The molecule has 6 nitrogen and oxygen atoms in total. The number of nitrogens with one attached hydrogen (secondary N) is 1. The van der Waals surface area contributed by atoms with Gasteiger partial charge >= 0.3 is 12.1 Å². The molecule has 0 fully saturated rings. The van der Waals surface area contributed by atoms with Gasteiger partial charge in [-0.05, 0) is 23.8 Å². The first kappa shape index (κ1) is 19.9. The number of hydrogen-bond acceptors (Lipinski definition) is 4. The maximum absolute atomic E-state index is 11.6. The van der Waals surface area contributed by atoms with Gasteiger partial charge < -0.3 is 19.9 Å². The lowest BCUT2D eigenvalue weighted by Crippen LogP contribution is -2.24. The van der Waals surface area contributed by atoms with Gasteiger partial charge in [0, 0.05) is 24.1 Å². The summed E-state index contributed by atoms with van der Waals surface area (Å²) in [4.78, 5) is 22.5. The van der Waals surface area contributed by atoms with Crippen molar-refractivity contribution in [2.24, 2.45) is 0 Å². The van der Waals surface area contributed by atoms with E-state index in [0.717, 1.165) is 5.56 Å². The number of carbonyl (C=O) groups excluding carboxylic acids is 1. The summed E-state index contributed by atoms with van der Waals surface area (Å²) in [5.74, 6) is 5.48. The third-order valence-corrected chi connectivity index (χ3v) is 3.59. The number of alkyl carbamates (subject to hydrolysis) is 1. The second kappa shape index (κ2) is 10.5. The molecule has 0 aliphatic rings. The van der Waals surface area contributed by atoms with Crippen molar-refractivity contribution >= 4 is 12.1 Å². The Labute approximate surface area is 158 Å². The number of carboxylic acids is 1. The van der Waals surface area contributed by atoms with Crippen LogP contribution in [0.3, 0.4) is 0 Å². The predicted octanol–water partition coefficient (Wildman–Crippen LogP) is 2.99. The van der Waals surface area contributed by atoms with Crippen molar-refractivity contribution < 1.29 is 24.2 Å². The van der Waals surface area contributed by atoms with Gasteiger partial charge in [-0.15, -0.1) is 0 Å². The maximum Gasteiger partial charge on any atom is 0.407 e.